The van der Waals surface area contributed by atoms with E-state index in [9.17, 15) is 9.18 Å². The number of fused-ring (bicyclic) bond motifs is 1. The minimum Gasteiger partial charge on any atom is -0.300 e. The predicted molar refractivity (Wildman–Crippen MR) is 82.2 cm³/mol. The third-order valence-corrected chi connectivity index (χ3v) is 3.58. The maximum absolute atomic E-state index is 13.6. The Morgan fingerprint density at radius 1 is 1.18 bits per heavy atom. The number of hydrogen-bond donors (Lipinski definition) is 0. The predicted octanol–water partition coefficient (Wildman–Crippen LogP) is 1.77. The Morgan fingerprint density at radius 2 is 1.95 bits per heavy atom. The van der Waals surface area contributed by atoms with Crippen molar-refractivity contribution in [2.75, 3.05) is 13.6 Å². The lowest BCUT2D eigenvalue weighted by Gasteiger charge is -2.16. The summed E-state index contributed by atoms with van der Waals surface area (Å²) in [6.07, 6.45) is 1.70. The Kier molecular flexibility index (Phi) is 4.02. The van der Waals surface area contributed by atoms with Crippen molar-refractivity contribution in [3.8, 4) is 0 Å². The molecular formula is C16H17FN4O. The molecule has 0 amide bonds. The van der Waals surface area contributed by atoms with Crippen molar-refractivity contribution in [1.82, 2.24) is 19.1 Å². The molecule has 0 radical (unpaired) electrons. The fraction of sp³-hybridized carbons (Fsp3) is 0.250. The van der Waals surface area contributed by atoms with Crippen molar-refractivity contribution < 1.29 is 4.39 Å². The molecule has 0 saturated heterocycles. The molecule has 0 bridgehead atoms. The van der Waals surface area contributed by atoms with Crippen LogP contribution in [0, 0.1) is 5.82 Å². The number of likely N-dealkylation sites (N-methyl/N-ethyl adjacent to an activating group) is 1. The molecule has 5 nitrogen and oxygen atoms in total. The molecule has 0 spiro atoms. The van der Waals surface area contributed by atoms with Gasteiger partial charge in [0, 0.05) is 24.8 Å². The normalized spacial score (nSPS) is 11.4. The summed E-state index contributed by atoms with van der Waals surface area (Å²) < 4.78 is 16.6. The summed E-state index contributed by atoms with van der Waals surface area (Å²) in [4.78, 5) is 14.1. The van der Waals surface area contributed by atoms with E-state index in [0.29, 0.717) is 30.8 Å². The average molecular weight is 300 g/mol. The number of halogens is 1. The van der Waals surface area contributed by atoms with Crippen molar-refractivity contribution in [2.45, 2.75) is 13.1 Å². The van der Waals surface area contributed by atoms with Gasteiger partial charge in [-0.25, -0.2) is 13.9 Å². The van der Waals surface area contributed by atoms with Crippen LogP contribution in [0.2, 0.25) is 0 Å². The number of hydrogen-bond acceptors (Lipinski definition) is 3. The molecule has 0 atom stereocenters. The Balaban J connectivity index is 1.67. The lowest BCUT2D eigenvalue weighted by molar-refractivity contribution is 0.299. The van der Waals surface area contributed by atoms with Crippen LogP contribution in [-0.2, 0) is 13.1 Å². The summed E-state index contributed by atoms with van der Waals surface area (Å²) in [6, 6.07) is 12.1. The summed E-state index contributed by atoms with van der Waals surface area (Å²) in [5.74, 6) is -0.209. The quantitative estimate of drug-likeness (QED) is 0.721. The van der Waals surface area contributed by atoms with Crippen LogP contribution in [0.5, 0.6) is 0 Å². The van der Waals surface area contributed by atoms with Crippen LogP contribution < -0.4 is 5.69 Å². The highest BCUT2D eigenvalue weighted by Crippen LogP contribution is 2.08. The van der Waals surface area contributed by atoms with Gasteiger partial charge in [-0.3, -0.25) is 4.40 Å². The first kappa shape index (κ1) is 14.5. The fourth-order valence-corrected chi connectivity index (χ4v) is 2.38. The van der Waals surface area contributed by atoms with Crippen LogP contribution in [0.25, 0.3) is 5.65 Å². The maximum Gasteiger partial charge on any atom is 0.350 e. The molecule has 114 valence electrons. The van der Waals surface area contributed by atoms with Gasteiger partial charge in [0.15, 0.2) is 5.65 Å². The molecule has 0 fully saturated rings. The monoisotopic (exact) mass is 300 g/mol. The van der Waals surface area contributed by atoms with E-state index in [1.807, 2.05) is 24.1 Å². The molecule has 0 unspecified atom stereocenters. The smallest absolute Gasteiger partial charge is 0.300 e. The van der Waals surface area contributed by atoms with Gasteiger partial charge in [-0.15, -0.1) is 5.10 Å². The number of nitrogens with zero attached hydrogens (tertiary/aromatic N) is 4. The van der Waals surface area contributed by atoms with Crippen molar-refractivity contribution in [3.63, 3.8) is 0 Å². The largest absolute Gasteiger partial charge is 0.350 e. The molecule has 1 aromatic carbocycles. The zero-order valence-corrected chi connectivity index (χ0v) is 12.3. The molecule has 0 aliphatic rings. The molecule has 0 aliphatic carbocycles. The van der Waals surface area contributed by atoms with Crippen LogP contribution in [0.3, 0.4) is 0 Å². The van der Waals surface area contributed by atoms with E-state index in [4.69, 9.17) is 0 Å². The van der Waals surface area contributed by atoms with Crippen molar-refractivity contribution in [2.24, 2.45) is 0 Å². The Hall–Kier alpha value is -2.47. The molecule has 2 heterocycles. The van der Waals surface area contributed by atoms with Crippen LogP contribution >= 0.6 is 0 Å². The Bertz CT molecular complexity index is 839. The van der Waals surface area contributed by atoms with Crippen LogP contribution in [0.4, 0.5) is 4.39 Å². The summed E-state index contributed by atoms with van der Waals surface area (Å²) in [7, 11) is 1.90. The molecule has 22 heavy (non-hydrogen) atoms. The van der Waals surface area contributed by atoms with Gasteiger partial charge in [-0.1, -0.05) is 24.3 Å². The second kappa shape index (κ2) is 6.11. The first-order chi connectivity index (χ1) is 10.6. The van der Waals surface area contributed by atoms with Crippen LogP contribution in [0.15, 0.2) is 53.5 Å². The van der Waals surface area contributed by atoms with Gasteiger partial charge in [0.1, 0.15) is 5.82 Å². The molecule has 3 rings (SSSR count). The average Bonchev–Trinajstić information content (AvgIpc) is 2.84. The Morgan fingerprint density at radius 3 is 2.73 bits per heavy atom. The summed E-state index contributed by atoms with van der Waals surface area (Å²) in [5.41, 5.74) is 1.12. The highest BCUT2D eigenvalue weighted by atomic mass is 19.1. The van der Waals surface area contributed by atoms with Gasteiger partial charge < -0.3 is 4.90 Å². The number of pyridine rings is 1. The van der Waals surface area contributed by atoms with Crippen LogP contribution in [0.1, 0.15) is 5.56 Å². The summed E-state index contributed by atoms with van der Waals surface area (Å²) in [6.45, 7) is 1.57. The van der Waals surface area contributed by atoms with Gasteiger partial charge in [-0.05, 0) is 25.2 Å². The third-order valence-electron chi connectivity index (χ3n) is 3.58. The van der Waals surface area contributed by atoms with Crippen molar-refractivity contribution >= 4 is 5.65 Å². The van der Waals surface area contributed by atoms with E-state index in [1.54, 1.807) is 30.5 Å². The highest BCUT2D eigenvalue weighted by Gasteiger charge is 2.08. The number of aromatic nitrogens is 3. The summed E-state index contributed by atoms with van der Waals surface area (Å²) >= 11 is 0. The molecular weight excluding hydrogens is 283 g/mol. The lowest BCUT2D eigenvalue weighted by Crippen LogP contribution is -2.29. The van der Waals surface area contributed by atoms with E-state index < -0.39 is 0 Å². The number of rotatable bonds is 5. The van der Waals surface area contributed by atoms with E-state index in [2.05, 4.69) is 5.10 Å². The first-order valence-corrected chi connectivity index (χ1v) is 7.11. The Labute approximate surface area is 127 Å². The van der Waals surface area contributed by atoms with Gasteiger partial charge in [0.2, 0.25) is 0 Å². The first-order valence-electron chi connectivity index (χ1n) is 7.11. The zero-order valence-electron chi connectivity index (χ0n) is 12.3. The topological polar surface area (TPSA) is 42.5 Å². The maximum atomic E-state index is 13.6. The highest BCUT2D eigenvalue weighted by molar-refractivity contribution is 5.35. The zero-order chi connectivity index (χ0) is 15.5. The second-order valence-corrected chi connectivity index (χ2v) is 5.26. The molecule has 0 aliphatic heterocycles. The molecule has 6 heteroatoms. The van der Waals surface area contributed by atoms with Crippen molar-refractivity contribution in [3.05, 3.63) is 70.5 Å². The fourth-order valence-electron chi connectivity index (χ4n) is 2.38. The van der Waals surface area contributed by atoms with Gasteiger partial charge in [0.05, 0.1) is 6.54 Å². The molecule has 2 aromatic heterocycles. The number of benzene rings is 1. The second-order valence-electron chi connectivity index (χ2n) is 5.26. The molecule has 0 saturated carbocycles. The lowest BCUT2D eigenvalue weighted by atomic mass is 10.2. The third kappa shape index (κ3) is 2.92. The SMILES string of the molecule is CN(CCn1nc2ccccn2c1=O)Cc1ccccc1F. The van der Waals surface area contributed by atoms with Crippen molar-refractivity contribution in [1.29, 1.82) is 0 Å². The van der Waals surface area contributed by atoms with Crippen LogP contribution in [-0.4, -0.2) is 32.7 Å². The van der Waals surface area contributed by atoms with E-state index in [1.165, 1.54) is 15.1 Å². The summed E-state index contributed by atoms with van der Waals surface area (Å²) in [5, 5.41) is 4.28. The van der Waals surface area contributed by atoms with Gasteiger partial charge in [-0.2, -0.15) is 0 Å². The van der Waals surface area contributed by atoms with E-state index in [0.717, 1.165) is 0 Å². The van der Waals surface area contributed by atoms with E-state index in [-0.39, 0.29) is 11.5 Å². The molecule has 3 aromatic rings. The minimum atomic E-state index is -0.209. The van der Waals surface area contributed by atoms with Gasteiger partial charge >= 0.3 is 5.69 Å². The molecule has 0 N–H and O–H groups in total. The van der Waals surface area contributed by atoms with E-state index >= 15 is 0 Å². The van der Waals surface area contributed by atoms with Gasteiger partial charge in [0.25, 0.3) is 0 Å². The minimum absolute atomic E-state index is 0.158. The standard InChI is InChI=1S/C16H17FN4O/c1-19(12-13-6-2-3-7-14(13)17)10-11-21-16(22)20-9-5-4-8-15(20)18-21/h2-9H,10-12H2,1H3.